The highest BCUT2D eigenvalue weighted by Gasteiger charge is 2.25. The molecule has 5 rings (SSSR count). The molecule has 9 nitrogen and oxygen atoms in total. The van der Waals surface area contributed by atoms with E-state index in [1.165, 1.54) is 19.3 Å². The Bertz CT molecular complexity index is 1150. The fraction of sp³-hybridized carbons (Fsp3) is 0.552. The van der Waals surface area contributed by atoms with E-state index in [4.69, 9.17) is 19.4 Å². The summed E-state index contributed by atoms with van der Waals surface area (Å²) < 4.78 is 11.7. The Morgan fingerprint density at radius 3 is 2.63 bits per heavy atom. The molecule has 2 aromatic heterocycles. The van der Waals surface area contributed by atoms with Gasteiger partial charge in [-0.2, -0.15) is 0 Å². The number of hydrogen-bond donors (Lipinski definition) is 2. The van der Waals surface area contributed by atoms with Gasteiger partial charge in [-0.1, -0.05) is 30.5 Å². The van der Waals surface area contributed by atoms with E-state index in [0.29, 0.717) is 18.5 Å². The Labute approximate surface area is 225 Å². The smallest absolute Gasteiger partial charge is 0.227 e. The van der Waals surface area contributed by atoms with E-state index in [0.717, 1.165) is 92.7 Å². The Balaban J connectivity index is 1.15. The fourth-order valence-corrected chi connectivity index (χ4v) is 5.56. The number of anilines is 2. The van der Waals surface area contributed by atoms with Crippen LogP contribution < -0.4 is 10.1 Å². The number of aliphatic hydroxyl groups is 1. The summed E-state index contributed by atoms with van der Waals surface area (Å²) in [4.78, 5) is 14.1. The van der Waals surface area contributed by atoms with Crippen molar-refractivity contribution in [3.05, 3.63) is 48.0 Å². The third-order valence-electron chi connectivity index (χ3n) is 7.65. The van der Waals surface area contributed by atoms with Gasteiger partial charge in [0.1, 0.15) is 11.5 Å². The van der Waals surface area contributed by atoms with Crippen molar-refractivity contribution < 1.29 is 14.4 Å². The SMILES string of the molecule is Cc1onc(C2CCCCC2)c1-c1ccnc(Nc2cccc(OCCCN3CCN(CCO)CC3)c2)n1. The molecule has 1 aliphatic heterocycles. The number of benzene rings is 1. The molecule has 38 heavy (non-hydrogen) atoms. The van der Waals surface area contributed by atoms with E-state index in [2.05, 4.69) is 25.3 Å². The molecular weight excluding hydrogens is 480 g/mol. The third-order valence-corrected chi connectivity index (χ3v) is 7.65. The van der Waals surface area contributed by atoms with Crippen LogP contribution in [0.3, 0.4) is 0 Å². The lowest BCUT2D eigenvalue weighted by Crippen LogP contribution is -2.47. The molecule has 3 heterocycles. The van der Waals surface area contributed by atoms with Gasteiger partial charge < -0.3 is 24.6 Å². The number of aryl methyl sites for hydroxylation is 1. The molecule has 3 aromatic rings. The summed E-state index contributed by atoms with van der Waals surface area (Å²) in [7, 11) is 0. The van der Waals surface area contributed by atoms with Crippen LogP contribution in [0.5, 0.6) is 5.75 Å². The Kier molecular flexibility index (Phi) is 9.22. The maximum atomic E-state index is 9.10. The number of hydrogen-bond acceptors (Lipinski definition) is 9. The van der Waals surface area contributed by atoms with Crippen molar-refractivity contribution in [2.24, 2.45) is 0 Å². The average molecular weight is 521 g/mol. The van der Waals surface area contributed by atoms with Crippen LogP contribution in [0.15, 0.2) is 41.1 Å². The highest BCUT2D eigenvalue weighted by atomic mass is 16.5. The monoisotopic (exact) mass is 520 g/mol. The molecule has 0 amide bonds. The molecular formula is C29H40N6O3. The van der Waals surface area contributed by atoms with Crippen molar-refractivity contribution in [2.45, 2.75) is 51.4 Å². The predicted molar refractivity (Wildman–Crippen MR) is 148 cm³/mol. The second-order valence-corrected chi connectivity index (χ2v) is 10.4. The van der Waals surface area contributed by atoms with Crippen LogP contribution in [0.2, 0.25) is 0 Å². The molecule has 0 bridgehead atoms. The molecule has 2 N–H and O–H groups in total. The van der Waals surface area contributed by atoms with E-state index >= 15 is 0 Å². The van der Waals surface area contributed by atoms with Crippen LogP contribution in [0.1, 0.15) is 55.9 Å². The Morgan fingerprint density at radius 2 is 1.84 bits per heavy atom. The van der Waals surface area contributed by atoms with E-state index in [9.17, 15) is 0 Å². The van der Waals surface area contributed by atoms with Gasteiger partial charge in [0.05, 0.1) is 30.2 Å². The van der Waals surface area contributed by atoms with Gasteiger partial charge in [-0.05, 0) is 44.4 Å². The Hall–Kier alpha value is -3.01. The zero-order valence-electron chi connectivity index (χ0n) is 22.4. The summed E-state index contributed by atoms with van der Waals surface area (Å²) in [6.45, 7) is 8.82. The first-order valence-corrected chi connectivity index (χ1v) is 14.0. The van der Waals surface area contributed by atoms with Gasteiger partial charge in [-0.25, -0.2) is 9.97 Å². The van der Waals surface area contributed by atoms with E-state index in [1.807, 2.05) is 37.3 Å². The maximum absolute atomic E-state index is 9.10. The number of rotatable bonds is 11. The molecule has 0 radical (unpaired) electrons. The summed E-state index contributed by atoms with van der Waals surface area (Å²) >= 11 is 0. The topological polar surface area (TPSA) is 99.8 Å². The second-order valence-electron chi connectivity index (χ2n) is 10.4. The fourth-order valence-electron chi connectivity index (χ4n) is 5.56. The van der Waals surface area contributed by atoms with Crippen molar-refractivity contribution in [3.8, 4) is 17.0 Å². The molecule has 1 aromatic carbocycles. The molecule has 204 valence electrons. The van der Waals surface area contributed by atoms with Crippen LogP contribution in [0, 0.1) is 6.92 Å². The molecule has 1 saturated carbocycles. The summed E-state index contributed by atoms with van der Waals surface area (Å²) in [5, 5.41) is 16.9. The average Bonchev–Trinajstić information content (AvgIpc) is 3.34. The molecule has 1 saturated heterocycles. The Morgan fingerprint density at radius 1 is 1.05 bits per heavy atom. The second kappa shape index (κ2) is 13.2. The third kappa shape index (κ3) is 6.89. The molecule has 2 fully saturated rings. The number of aliphatic hydroxyl groups excluding tert-OH is 1. The lowest BCUT2D eigenvalue weighted by atomic mass is 9.85. The number of piperazine rings is 1. The van der Waals surface area contributed by atoms with E-state index < -0.39 is 0 Å². The number of β-amino-alcohol motifs (C(OH)–C–C–N with tert-alkyl or cyclic N) is 1. The standard InChI is InChI=1S/C29H40N6O3/c1-22-27(28(33-38-22)23-7-3-2-4-8-23)26-11-12-30-29(32-26)31-24-9-5-10-25(21-24)37-20-6-13-34-14-16-35(17-15-34)18-19-36/h5,9-12,21,23,36H,2-4,6-8,13-20H2,1H3,(H,30,31,32). The number of aromatic nitrogens is 3. The predicted octanol–water partition coefficient (Wildman–Crippen LogP) is 4.61. The maximum Gasteiger partial charge on any atom is 0.227 e. The summed E-state index contributed by atoms with van der Waals surface area (Å²) in [5.74, 6) is 2.61. The number of ether oxygens (including phenoxy) is 1. The number of nitrogens with one attached hydrogen (secondary N) is 1. The first-order valence-electron chi connectivity index (χ1n) is 14.0. The molecule has 9 heteroatoms. The van der Waals surface area contributed by atoms with Crippen LogP contribution in [0.4, 0.5) is 11.6 Å². The quantitative estimate of drug-likeness (QED) is 0.351. The van der Waals surface area contributed by atoms with Crippen LogP contribution >= 0.6 is 0 Å². The minimum atomic E-state index is 0.238. The van der Waals surface area contributed by atoms with Crippen LogP contribution in [-0.2, 0) is 0 Å². The lowest BCUT2D eigenvalue weighted by molar-refractivity contribution is 0.108. The normalized spacial score (nSPS) is 17.5. The van der Waals surface area contributed by atoms with E-state index in [1.54, 1.807) is 6.20 Å². The first-order chi connectivity index (χ1) is 18.7. The molecule has 0 atom stereocenters. The largest absolute Gasteiger partial charge is 0.493 e. The van der Waals surface area contributed by atoms with Crippen molar-refractivity contribution in [3.63, 3.8) is 0 Å². The van der Waals surface area contributed by atoms with Crippen molar-refractivity contribution in [2.75, 3.05) is 57.8 Å². The first kappa shape index (κ1) is 26.6. The van der Waals surface area contributed by atoms with E-state index in [-0.39, 0.29) is 6.61 Å². The zero-order valence-corrected chi connectivity index (χ0v) is 22.4. The summed E-state index contributed by atoms with van der Waals surface area (Å²) in [6, 6.07) is 9.87. The summed E-state index contributed by atoms with van der Waals surface area (Å²) in [6.07, 6.45) is 8.86. The van der Waals surface area contributed by atoms with Crippen LogP contribution in [-0.4, -0.2) is 82.5 Å². The lowest BCUT2D eigenvalue weighted by Gasteiger charge is -2.34. The van der Waals surface area contributed by atoms with Crippen molar-refractivity contribution in [1.29, 1.82) is 0 Å². The minimum absolute atomic E-state index is 0.238. The van der Waals surface area contributed by atoms with Gasteiger partial charge in [-0.3, -0.25) is 4.90 Å². The molecule has 0 unspecified atom stereocenters. The van der Waals surface area contributed by atoms with Crippen molar-refractivity contribution >= 4 is 11.6 Å². The van der Waals surface area contributed by atoms with Gasteiger partial charge in [0, 0.05) is 63.1 Å². The summed E-state index contributed by atoms with van der Waals surface area (Å²) in [5.41, 5.74) is 3.77. The van der Waals surface area contributed by atoms with Gasteiger partial charge in [0.2, 0.25) is 5.95 Å². The van der Waals surface area contributed by atoms with Gasteiger partial charge in [-0.15, -0.1) is 0 Å². The zero-order chi connectivity index (χ0) is 26.2. The molecule has 1 aliphatic carbocycles. The molecule has 0 spiro atoms. The van der Waals surface area contributed by atoms with Gasteiger partial charge >= 0.3 is 0 Å². The highest BCUT2D eigenvalue weighted by Crippen LogP contribution is 2.38. The van der Waals surface area contributed by atoms with Gasteiger partial charge in [0.15, 0.2) is 0 Å². The number of nitrogens with zero attached hydrogens (tertiary/aromatic N) is 5. The minimum Gasteiger partial charge on any atom is -0.493 e. The molecule has 2 aliphatic rings. The van der Waals surface area contributed by atoms with Gasteiger partial charge in [0.25, 0.3) is 0 Å². The van der Waals surface area contributed by atoms with Crippen molar-refractivity contribution in [1.82, 2.24) is 24.9 Å². The van der Waals surface area contributed by atoms with Crippen LogP contribution in [0.25, 0.3) is 11.3 Å². The highest BCUT2D eigenvalue weighted by molar-refractivity contribution is 5.66.